The molecule has 0 aromatic heterocycles. The number of nitrogens with one attached hydrogen (secondary N) is 1. The molecule has 1 aliphatic heterocycles. The molecule has 0 spiro atoms. The number of ether oxygens (including phenoxy) is 3. The van der Waals surface area contributed by atoms with Gasteiger partial charge in [-0.15, -0.1) is 0 Å². The lowest BCUT2D eigenvalue weighted by molar-refractivity contribution is -0.0439. The summed E-state index contributed by atoms with van der Waals surface area (Å²) in [4.78, 5) is 0. The van der Waals surface area contributed by atoms with Crippen molar-refractivity contribution in [2.45, 2.75) is 19.1 Å². The first kappa shape index (κ1) is 16.7. The van der Waals surface area contributed by atoms with Gasteiger partial charge in [0.15, 0.2) is 17.6 Å². The standard InChI is InChI=1S/C19H22FNO3/c1-13-6-7-16(17(10-13)22-2)24-19(18-12-21-8-9-23-18)14-4-3-5-15(20)11-14/h3-7,10-11,18-19,21H,8-9,12H2,1-2H3/t18-,19-/m0/s1. The van der Waals surface area contributed by atoms with E-state index in [4.69, 9.17) is 14.2 Å². The molecule has 0 aliphatic carbocycles. The number of hydrogen-bond acceptors (Lipinski definition) is 4. The first-order chi connectivity index (χ1) is 11.7. The van der Waals surface area contributed by atoms with Crippen molar-refractivity contribution in [1.82, 2.24) is 5.32 Å². The quantitative estimate of drug-likeness (QED) is 0.913. The van der Waals surface area contributed by atoms with E-state index in [9.17, 15) is 4.39 Å². The van der Waals surface area contributed by atoms with Crippen molar-refractivity contribution < 1.29 is 18.6 Å². The van der Waals surface area contributed by atoms with E-state index in [1.54, 1.807) is 13.2 Å². The summed E-state index contributed by atoms with van der Waals surface area (Å²) in [5, 5.41) is 3.29. The smallest absolute Gasteiger partial charge is 0.162 e. The molecule has 0 radical (unpaired) electrons. The van der Waals surface area contributed by atoms with E-state index in [-0.39, 0.29) is 11.9 Å². The zero-order chi connectivity index (χ0) is 16.9. The van der Waals surface area contributed by atoms with Crippen molar-refractivity contribution in [2.75, 3.05) is 26.8 Å². The van der Waals surface area contributed by atoms with Crippen LogP contribution < -0.4 is 14.8 Å². The topological polar surface area (TPSA) is 39.7 Å². The van der Waals surface area contributed by atoms with Crippen LogP contribution in [0.1, 0.15) is 17.2 Å². The van der Waals surface area contributed by atoms with Gasteiger partial charge in [-0.25, -0.2) is 4.39 Å². The van der Waals surface area contributed by atoms with Crippen LogP contribution in [0.3, 0.4) is 0 Å². The van der Waals surface area contributed by atoms with Gasteiger partial charge in [0, 0.05) is 13.1 Å². The Kier molecular flexibility index (Phi) is 5.33. The molecule has 1 aliphatic rings. The number of rotatable bonds is 5. The highest BCUT2D eigenvalue weighted by Gasteiger charge is 2.29. The number of benzene rings is 2. The highest BCUT2D eigenvalue weighted by molar-refractivity contribution is 5.43. The molecular formula is C19H22FNO3. The molecule has 4 nitrogen and oxygen atoms in total. The summed E-state index contributed by atoms with van der Waals surface area (Å²) >= 11 is 0. The van der Waals surface area contributed by atoms with Crippen LogP contribution >= 0.6 is 0 Å². The van der Waals surface area contributed by atoms with Crippen LogP contribution in [0, 0.1) is 12.7 Å². The van der Waals surface area contributed by atoms with Gasteiger partial charge >= 0.3 is 0 Å². The van der Waals surface area contributed by atoms with Crippen LogP contribution in [0.4, 0.5) is 4.39 Å². The van der Waals surface area contributed by atoms with E-state index in [0.717, 1.165) is 17.7 Å². The van der Waals surface area contributed by atoms with Gasteiger partial charge in [-0.05, 0) is 42.3 Å². The Morgan fingerprint density at radius 2 is 2.08 bits per heavy atom. The third-order valence-corrected chi connectivity index (χ3v) is 4.04. The monoisotopic (exact) mass is 331 g/mol. The normalized spacial score (nSPS) is 18.9. The second-order valence-electron chi connectivity index (χ2n) is 5.86. The van der Waals surface area contributed by atoms with Gasteiger partial charge in [0.25, 0.3) is 0 Å². The molecule has 3 rings (SSSR count). The summed E-state index contributed by atoms with van der Waals surface area (Å²) in [5.74, 6) is 0.979. The van der Waals surface area contributed by atoms with Gasteiger partial charge in [-0.1, -0.05) is 18.2 Å². The van der Waals surface area contributed by atoms with Crippen LogP contribution in [-0.2, 0) is 4.74 Å². The molecule has 5 heteroatoms. The zero-order valence-corrected chi connectivity index (χ0v) is 13.9. The Morgan fingerprint density at radius 3 is 2.79 bits per heavy atom. The number of methoxy groups -OCH3 is 1. The summed E-state index contributed by atoms with van der Waals surface area (Å²) < 4.78 is 31.2. The molecule has 1 N–H and O–H groups in total. The summed E-state index contributed by atoms with van der Waals surface area (Å²) in [5.41, 5.74) is 1.82. The van der Waals surface area contributed by atoms with Crippen LogP contribution in [0.25, 0.3) is 0 Å². The lowest BCUT2D eigenvalue weighted by Gasteiger charge is -2.32. The first-order valence-corrected chi connectivity index (χ1v) is 8.06. The van der Waals surface area contributed by atoms with Crippen molar-refractivity contribution in [3.05, 3.63) is 59.4 Å². The van der Waals surface area contributed by atoms with Crippen LogP contribution in [0.5, 0.6) is 11.5 Å². The summed E-state index contributed by atoms with van der Waals surface area (Å²) in [7, 11) is 1.61. The Bertz CT molecular complexity index is 686. The Labute approximate surface area is 141 Å². The maximum absolute atomic E-state index is 13.7. The average molecular weight is 331 g/mol. The van der Waals surface area contributed by atoms with Gasteiger partial charge in [0.2, 0.25) is 0 Å². The van der Waals surface area contributed by atoms with Gasteiger partial charge in [0.1, 0.15) is 11.9 Å². The van der Waals surface area contributed by atoms with E-state index in [0.29, 0.717) is 24.7 Å². The molecule has 0 bridgehead atoms. The van der Waals surface area contributed by atoms with Gasteiger partial charge < -0.3 is 19.5 Å². The zero-order valence-electron chi connectivity index (χ0n) is 13.9. The van der Waals surface area contributed by atoms with Crippen LogP contribution in [-0.4, -0.2) is 32.9 Å². The predicted octanol–water partition coefficient (Wildman–Crippen LogP) is 3.25. The molecule has 128 valence electrons. The highest BCUT2D eigenvalue weighted by atomic mass is 19.1. The van der Waals surface area contributed by atoms with Gasteiger partial charge in [-0.3, -0.25) is 0 Å². The van der Waals surface area contributed by atoms with E-state index in [1.165, 1.54) is 12.1 Å². The largest absolute Gasteiger partial charge is 0.493 e. The SMILES string of the molecule is COc1cc(C)ccc1O[C@@H](c1cccc(F)c1)[C@@H]1CNCCO1. The van der Waals surface area contributed by atoms with Gasteiger partial charge in [-0.2, -0.15) is 0 Å². The molecule has 1 fully saturated rings. The molecule has 0 amide bonds. The second kappa shape index (κ2) is 7.64. The molecule has 2 atom stereocenters. The molecule has 0 saturated carbocycles. The van der Waals surface area contributed by atoms with Crippen molar-refractivity contribution in [3.63, 3.8) is 0 Å². The second-order valence-corrected chi connectivity index (χ2v) is 5.86. The number of halogens is 1. The van der Waals surface area contributed by atoms with E-state index >= 15 is 0 Å². The summed E-state index contributed by atoms with van der Waals surface area (Å²) in [6.45, 7) is 4.05. The number of hydrogen-bond donors (Lipinski definition) is 1. The van der Waals surface area contributed by atoms with Crippen molar-refractivity contribution >= 4 is 0 Å². The maximum Gasteiger partial charge on any atom is 0.162 e. The molecule has 2 aromatic carbocycles. The molecule has 2 aromatic rings. The van der Waals surface area contributed by atoms with Crippen LogP contribution in [0.15, 0.2) is 42.5 Å². The molecular weight excluding hydrogens is 309 g/mol. The molecule has 1 heterocycles. The maximum atomic E-state index is 13.7. The van der Waals surface area contributed by atoms with Crippen LogP contribution in [0.2, 0.25) is 0 Å². The summed E-state index contributed by atoms with van der Waals surface area (Å²) in [6.07, 6.45) is -0.628. The van der Waals surface area contributed by atoms with Gasteiger partial charge in [0.05, 0.1) is 13.7 Å². The van der Waals surface area contributed by atoms with E-state index in [1.807, 2.05) is 31.2 Å². The minimum absolute atomic E-state index is 0.202. The lowest BCUT2D eigenvalue weighted by Crippen LogP contribution is -2.43. The predicted molar refractivity (Wildman–Crippen MR) is 90.1 cm³/mol. The molecule has 0 unspecified atom stereocenters. The fourth-order valence-electron chi connectivity index (χ4n) is 2.83. The fraction of sp³-hybridized carbons (Fsp3) is 0.368. The van der Waals surface area contributed by atoms with Crippen molar-refractivity contribution in [2.24, 2.45) is 0 Å². The fourth-order valence-corrected chi connectivity index (χ4v) is 2.83. The highest BCUT2D eigenvalue weighted by Crippen LogP contribution is 2.34. The Balaban J connectivity index is 1.92. The average Bonchev–Trinajstić information content (AvgIpc) is 2.61. The Morgan fingerprint density at radius 1 is 1.21 bits per heavy atom. The Hall–Kier alpha value is -2.11. The van der Waals surface area contributed by atoms with Crippen molar-refractivity contribution in [3.8, 4) is 11.5 Å². The molecule has 24 heavy (non-hydrogen) atoms. The number of morpholine rings is 1. The third kappa shape index (κ3) is 3.86. The first-order valence-electron chi connectivity index (χ1n) is 8.06. The third-order valence-electron chi connectivity index (χ3n) is 4.04. The van der Waals surface area contributed by atoms with Crippen molar-refractivity contribution in [1.29, 1.82) is 0 Å². The number of aryl methyl sites for hydroxylation is 1. The summed E-state index contributed by atoms with van der Waals surface area (Å²) in [6, 6.07) is 12.2. The minimum atomic E-state index is -0.426. The van der Waals surface area contributed by atoms with E-state index < -0.39 is 6.10 Å². The minimum Gasteiger partial charge on any atom is -0.493 e. The lowest BCUT2D eigenvalue weighted by atomic mass is 10.0. The van der Waals surface area contributed by atoms with E-state index in [2.05, 4.69) is 5.32 Å². The molecule has 1 saturated heterocycles.